The number of hydrazone groups is 1. The van der Waals surface area contributed by atoms with Gasteiger partial charge in [0.2, 0.25) is 0 Å². The quantitative estimate of drug-likeness (QED) is 0.419. The van der Waals surface area contributed by atoms with Crippen LogP contribution >= 0.6 is 0 Å². The Bertz CT molecular complexity index is 607. The molecular weight excluding hydrogens is 248 g/mol. The van der Waals surface area contributed by atoms with Crippen molar-refractivity contribution in [3.05, 3.63) is 29.6 Å². The van der Waals surface area contributed by atoms with Crippen LogP contribution in [0.2, 0.25) is 0 Å². The first-order valence-corrected chi connectivity index (χ1v) is 5.45. The molecule has 8 heteroatoms. The van der Waals surface area contributed by atoms with Crippen LogP contribution in [0, 0.1) is 6.92 Å². The lowest BCUT2D eigenvalue weighted by molar-refractivity contribution is 0.373. The van der Waals surface area contributed by atoms with E-state index in [-0.39, 0.29) is 5.75 Å². The summed E-state index contributed by atoms with van der Waals surface area (Å²) in [5.41, 5.74) is 3.35. The van der Waals surface area contributed by atoms with Gasteiger partial charge in [0, 0.05) is 0 Å². The Balaban J connectivity index is 2.07. The Morgan fingerprint density at radius 3 is 2.84 bits per heavy atom. The number of aromatic hydroxyl groups is 1. The number of hydrogen-bond donors (Lipinski definition) is 3. The molecule has 100 valence electrons. The maximum absolute atomic E-state index is 9.60. The lowest BCUT2D eigenvalue weighted by Gasteiger charge is -2.03. The fourth-order valence-corrected chi connectivity index (χ4v) is 1.40. The van der Waals surface area contributed by atoms with E-state index in [1.165, 1.54) is 24.1 Å². The molecule has 0 aliphatic rings. The second-order valence-corrected chi connectivity index (χ2v) is 3.74. The van der Waals surface area contributed by atoms with Gasteiger partial charge in [0.1, 0.15) is 0 Å². The van der Waals surface area contributed by atoms with Crippen molar-refractivity contribution in [1.29, 1.82) is 0 Å². The molecule has 0 spiro atoms. The number of nitrogens with one attached hydrogen (secondary N) is 1. The fraction of sp³-hybridized carbons (Fsp3) is 0.182. The fourth-order valence-electron chi connectivity index (χ4n) is 1.40. The third kappa shape index (κ3) is 2.73. The first kappa shape index (κ1) is 12.7. The zero-order chi connectivity index (χ0) is 13.8. The number of aryl methyl sites for hydroxylation is 1. The third-order valence-electron chi connectivity index (χ3n) is 2.45. The molecule has 0 unspecified atom stereocenters. The molecule has 0 aliphatic carbocycles. The number of nitrogen functional groups attached to an aromatic ring is 1. The lowest BCUT2D eigenvalue weighted by Crippen LogP contribution is -2.13. The molecule has 0 saturated heterocycles. The van der Waals surface area contributed by atoms with Gasteiger partial charge in [-0.2, -0.15) is 5.10 Å². The molecule has 0 aliphatic heterocycles. The predicted octanol–water partition coefficient (Wildman–Crippen LogP) is 0.461. The van der Waals surface area contributed by atoms with Gasteiger partial charge in [-0.15, -0.1) is 10.2 Å². The van der Waals surface area contributed by atoms with Crippen LogP contribution in [0.3, 0.4) is 0 Å². The first-order valence-electron chi connectivity index (χ1n) is 5.45. The van der Waals surface area contributed by atoms with Crippen molar-refractivity contribution in [3.63, 3.8) is 0 Å². The monoisotopic (exact) mass is 262 g/mol. The SMILES string of the molecule is COc1ccc(/C=N/Nc2nnc(C)n2N)cc1O. The lowest BCUT2D eigenvalue weighted by atomic mass is 10.2. The molecule has 8 nitrogen and oxygen atoms in total. The van der Waals surface area contributed by atoms with Gasteiger partial charge in [0.25, 0.3) is 5.95 Å². The summed E-state index contributed by atoms with van der Waals surface area (Å²) in [6, 6.07) is 4.93. The van der Waals surface area contributed by atoms with E-state index in [0.29, 0.717) is 23.1 Å². The van der Waals surface area contributed by atoms with E-state index in [4.69, 9.17) is 10.6 Å². The maximum atomic E-state index is 9.60. The van der Waals surface area contributed by atoms with Crippen LogP contribution in [0.1, 0.15) is 11.4 Å². The molecule has 0 bridgehead atoms. The van der Waals surface area contributed by atoms with Gasteiger partial charge in [-0.3, -0.25) is 0 Å². The summed E-state index contributed by atoms with van der Waals surface area (Å²) in [5, 5.41) is 21.1. The van der Waals surface area contributed by atoms with Gasteiger partial charge in [0.05, 0.1) is 13.3 Å². The third-order valence-corrected chi connectivity index (χ3v) is 2.45. The zero-order valence-electron chi connectivity index (χ0n) is 10.5. The van der Waals surface area contributed by atoms with Crippen LogP contribution < -0.4 is 16.0 Å². The van der Waals surface area contributed by atoms with Crippen LogP contribution in [0.15, 0.2) is 23.3 Å². The molecule has 2 aromatic rings. The average molecular weight is 262 g/mol. The number of benzene rings is 1. The summed E-state index contributed by atoms with van der Waals surface area (Å²) < 4.78 is 6.22. The predicted molar refractivity (Wildman–Crippen MR) is 70.8 cm³/mol. The summed E-state index contributed by atoms with van der Waals surface area (Å²) in [4.78, 5) is 0. The minimum absolute atomic E-state index is 0.0456. The molecule has 0 fully saturated rings. The van der Waals surface area contributed by atoms with Crippen molar-refractivity contribution in [1.82, 2.24) is 14.9 Å². The number of nitrogens with two attached hydrogens (primary N) is 1. The highest BCUT2D eigenvalue weighted by Gasteiger charge is 2.03. The van der Waals surface area contributed by atoms with Crippen LogP contribution in [0.25, 0.3) is 0 Å². The Morgan fingerprint density at radius 2 is 2.26 bits per heavy atom. The molecule has 1 heterocycles. The van der Waals surface area contributed by atoms with E-state index < -0.39 is 0 Å². The number of rotatable bonds is 4. The van der Waals surface area contributed by atoms with E-state index in [2.05, 4.69) is 20.7 Å². The van der Waals surface area contributed by atoms with Crippen molar-refractivity contribution in [3.8, 4) is 11.5 Å². The van der Waals surface area contributed by atoms with Crippen molar-refractivity contribution in [2.45, 2.75) is 6.92 Å². The zero-order valence-corrected chi connectivity index (χ0v) is 10.5. The Hall–Kier alpha value is -2.77. The number of aromatic nitrogens is 3. The number of phenols is 1. The van der Waals surface area contributed by atoms with Crippen LogP contribution in [0.4, 0.5) is 5.95 Å². The smallest absolute Gasteiger partial charge is 0.263 e. The molecular formula is C11H14N6O2. The van der Waals surface area contributed by atoms with Gasteiger partial charge in [-0.25, -0.2) is 10.1 Å². The average Bonchev–Trinajstić information content (AvgIpc) is 2.71. The Morgan fingerprint density at radius 1 is 1.47 bits per heavy atom. The highest BCUT2D eigenvalue weighted by atomic mass is 16.5. The van der Waals surface area contributed by atoms with Gasteiger partial charge in [-0.05, 0) is 30.7 Å². The molecule has 1 aromatic carbocycles. The number of phenolic OH excluding ortho intramolecular Hbond substituents is 1. The Labute approximate surface area is 109 Å². The van der Waals surface area contributed by atoms with E-state index in [1.54, 1.807) is 19.1 Å². The van der Waals surface area contributed by atoms with Gasteiger partial charge >= 0.3 is 0 Å². The minimum atomic E-state index is 0.0456. The molecule has 19 heavy (non-hydrogen) atoms. The number of ether oxygens (including phenoxy) is 1. The second kappa shape index (κ2) is 5.25. The number of anilines is 1. The van der Waals surface area contributed by atoms with E-state index in [1.807, 2.05) is 0 Å². The van der Waals surface area contributed by atoms with Crippen molar-refractivity contribution in [2.24, 2.45) is 5.10 Å². The van der Waals surface area contributed by atoms with Crippen molar-refractivity contribution < 1.29 is 9.84 Å². The standard InChI is InChI=1S/C11H14N6O2/c1-7-14-16-11(17(7)12)15-13-6-8-3-4-10(19-2)9(18)5-8/h3-6,18H,12H2,1-2H3,(H,15,16)/b13-6+. The van der Waals surface area contributed by atoms with Gasteiger partial charge in [0.15, 0.2) is 17.3 Å². The van der Waals surface area contributed by atoms with Crippen molar-refractivity contribution >= 4 is 12.2 Å². The van der Waals surface area contributed by atoms with Crippen LogP contribution in [-0.4, -0.2) is 33.3 Å². The molecule has 0 amide bonds. The maximum Gasteiger partial charge on any atom is 0.263 e. The molecule has 0 saturated carbocycles. The van der Waals surface area contributed by atoms with Crippen LogP contribution in [0.5, 0.6) is 11.5 Å². The molecule has 0 radical (unpaired) electrons. The largest absolute Gasteiger partial charge is 0.504 e. The number of nitrogens with zero attached hydrogens (tertiary/aromatic N) is 4. The van der Waals surface area contributed by atoms with Crippen LogP contribution in [-0.2, 0) is 0 Å². The number of methoxy groups -OCH3 is 1. The molecule has 4 N–H and O–H groups in total. The molecule has 2 rings (SSSR count). The summed E-state index contributed by atoms with van der Waals surface area (Å²) in [7, 11) is 1.49. The normalized spacial score (nSPS) is 10.8. The van der Waals surface area contributed by atoms with Gasteiger partial charge < -0.3 is 15.7 Å². The Kier molecular flexibility index (Phi) is 3.51. The van der Waals surface area contributed by atoms with Crippen molar-refractivity contribution in [2.75, 3.05) is 18.4 Å². The second-order valence-electron chi connectivity index (χ2n) is 3.74. The summed E-state index contributed by atoms with van der Waals surface area (Å²) in [6.45, 7) is 1.73. The summed E-state index contributed by atoms with van der Waals surface area (Å²) in [6.07, 6.45) is 1.52. The first-order chi connectivity index (χ1) is 9.11. The summed E-state index contributed by atoms with van der Waals surface area (Å²) >= 11 is 0. The number of hydrogen-bond acceptors (Lipinski definition) is 7. The molecule has 1 aromatic heterocycles. The van der Waals surface area contributed by atoms with E-state index >= 15 is 0 Å². The van der Waals surface area contributed by atoms with E-state index in [0.717, 1.165) is 0 Å². The van der Waals surface area contributed by atoms with Gasteiger partial charge in [-0.1, -0.05) is 0 Å². The minimum Gasteiger partial charge on any atom is -0.504 e. The highest BCUT2D eigenvalue weighted by Crippen LogP contribution is 2.25. The molecule has 0 atom stereocenters. The van der Waals surface area contributed by atoms with E-state index in [9.17, 15) is 5.11 Å². The summed E-state index contributed by atoms with van der Waals surface area (Å²) in [5.74, 6) is 6.99. The topological polar surface area (TPSA) is 111 Å². The highest BCUT2D eigenvalue weighted by molar-refractivity contribution is 5.81.